The molecular formula is C37H57NO14Si. The van der Waals surface area contributed by atoms with Gasteiger partial charge in [0.05, 0.1) is 37.6 Å². The zero-order chi connectivity index (χ0) is 38.7. The molecule has 53 heavy (non-hydrogen) atoms. The van der Waals surface area contributed by atoms with E-state index in [9.17, 15) is 14.7 Å². The number of benzene rings is 1. The molecule has 4 aliphatic heterocycles. The highest BCUT2D eigenvalue weighted by Gasteiger charge is 2.61. The number of hydrogen-bond acceptors (Lipinski definition) is 14. The summed E-state index contributed by atoms with van der Waals surface area (Å²) in [7, 11) is 1.26. The van der Waals surface area contributed by atoms with Crippen molar-refractivity contribution in [3.8, 4) is 0 Å². The molecule has 4 saturated heterocycles. The summed E-state index contributed by atoms with van der Waals surface area (Å²) in [5, 5.41) is 11.2. The first kappa shape index (κ1) is 41.5. The van der Waals surface area contributed by atoms with E-state index in [0.717, 1.165) is 10.5 Å². The lowest BCUT2D eigenvalue weighted by Gasteiger charge is -2.55. The van der Waals surface area contributed by atoms with Crippen molar-refractivity contribution in [2.45, 2.75) is 134 Å². The number of nitrogens with zero attached hydrogens (tertiary/aromatic N) is 1. The fraction of sp³-hybridized carbons (Fsp3) is 0.757. The minimum Gasteiger partial charge on any atom is -0.449 e. The van der Waals surface area contributed by atoms with Crippen molar-refractivity contribution in [3.63, 3.8) is 0 Å². The molecule has 4 heterocycles. The van der Waals surface area contributed by atoms with E-state index in [1.54, 1.807) is 14.0 Å². The molecule has 1 aromatic carbocycles. The van der Waals surface area contributed by atoms with Gasteiger partial charge in [0.15, 0.2) is 12.3 Å². The Morgan fingerprint density at radius 2 is 1.79 bits per heavy atom. The number of rotatable bonds is 13. The van der Waals surface area contributed by atoms with Crippen LogP contribution in [-0.4, -0.2) is 131 Å². The second kappa shape index (κ2) is 17.0. The van der Waals surface area contributed by atoms with Crippen molar-refractivity contribution in [1.29, 1.82) is 0 Å². The zero-order valence-corrected chi connectivity index (χ0v) is 33.3. The van der Waals surface area contributed by atoms with E-state index in [-0.39, 0.29) is 45.4 Å². The highest BCUT2D eigenvalue weighted by Crippen LogP contribution is 2.45. The highest BCUT2D eigenvalue weighted by atomic mass is 28.3. The van der Waals surface area contributed by atoms with Crippen molar-refractivity contribution in [1.82, 2.24) is 4.90 Å². The van der Waals surface area contributed by atoms with Crippen LogP contribution >= 0.6 is 0 Å². The number of hydrogen-bond donors (Lipinski definition) is 1. The van der Waals surface area contributed by atoms with Crippen molar-refractivity contribution >= 4 is 26.2 Å². The van der Waals surface area contributed by atoms with Crippen molar-refractivity contribution in [2.75, 3.05) is 34.2 Å². The van der Waals surface area contributed by atoms with Crippen molar-refractivity contribution in [3.05, 3.63) is 35.9 Å². The van der Waals surface area contributed by atoms with Crippen LogP contribution in [0.25, 0.3) is 0 Å². The Balaban J connectivity index is 1.55. The summed E-state index contributed by atoms with van der Waals surface area (Å²) < 4.78 is 60.0. The molecule has 15 nitrogen and oxygen atoms in total. The summed E-state index contributed by atoms with van der Waals surface area (Å²) in [6, 6.07) is 9.86. The van der Waals surface area contributed by atoms with Crippen LogP contribution in [-0.2, 0) is 58.8 Å². The first-order chi connectivity index (χ1) is 25.0. The number of carbonyl (C=O) groups is 3. The lowest BCUT2D eigenvalue weighted by Crippen LogP contribution is -2.71. The van der Waals surface area contributed by atoms with Gasteiger partial charge in [0.25, 0.3) is 5.91 Å². The summed E-state index contributed by atoms with van der Waals surface area (Å²) in [6.07, 6.45) is -9.78. The Labute approximate surface area is 312 Å². The van der Waals surface area contributed by atoms with Gasteiger partial charge in [0, 0.05) is 46.5 Å². The summed E-state index contributed by atoms with van der Waals surface area (Å²) in [5.74, 6) is -2.97. The van der Waals surface area contributed by atoms with Gasteiger partial charge in [-0.25, -0.2) is 14.5 Å². The number of aliphatic hydroxyl groups excluding tert-OH is 1. The van der Waals surface area contributed by atoms with Crippen LogP contribution in [0.1, 0.15) is 46.1 Å². The van der Waals surface area contributed by atoms with E-state index in [1.807, 2.05) is 51.1 Å². The smallest absolute Gasteiger partial charge is 0.449 e. The molecule has 16 heteroatoms. The molecule has 0 saturated carbocycles. The number of methoxy groups -OCH3 is 2. The molecule has 5 rings (SSSR count). The molecule has 0 spiro atoms. The first-order valence-electron chi connectivity index (χ1n) is 18.3. The van der Waals surface area contributed by atoms with E-state index in [4.69, 9.17) is 47.4 Å². The Kier molecular flexibility index (Phi) is 13.3. The molecular weight excluding hydrogens is 710 g/mol. The Hall–Kier alpha value is -2.67. The first-order valence-corrected chi connectivity index (χ1v) is 22.0. The number of ether oxygens (including phenoxy) is 10. The normalized spacial score (nSPS) is 34.7. The highest BCUT2D eigenvalue weighted by molar-refractivity contribution is 6.76. The fourth-order valence-corrected chi connectivity index (χ4v) is 8.14. The fourth-order valence-electron chi connectivity index (χ4n) is 7.42. The summed E-state index contributed by atoms with van der Waals surface area (Å²) >= 11 is 0. The second-order valence-electron chi connectivity index (χ2n) is 16.2. The predicted molar refractivity (Wildman–Crippen MR) is 190 cm³/mol. The van der Waals surface area contributed by atoms with Gasteiger partial charge in [-0.3, -0.25) is 4.79 Å². The average molecular weight is 768 g/mol. The molecule has 0 bridgehead atoms. The molecule has 0 unspecified atom stereocenters. The maximum Gasteiger partial charge on any atom is 0.508 e. The van der Waals surface area contributed by atoms with Gasteiger partial charge < -0.3 is 52.5 Å². The Morgan fingerprint density at radius 3 is 2.40 bits per heavy atom. The molecule has 2 amide bonds. The topological polar surface area (TPSA) is 167 Å². The van der Waals surface area contributed by atoms with Crippen LogP contribution in [0.2, 0.25) is 25.7 Å². The Morgan fingerprint density at radius 1 is 1.08 bits per heavy atom. The molecule has 0 radical (unpaired) electrons. The molecule has 0 aromatic heterocycles. The van der Waals surface area contributed by atoms with Gasteiger partial charge in [0.1, 0.15) is 31.7 Å². The van der Waals surface area contributed by atoms with Gasteiger partial charge in [-0.2, -0.15) is 0 Å². The predicted octanol–water partition coefficient (Wildman–Crippen LogP) is 4.46. The lowest BCUT2D eigenvalue weighted by molar-refractivity contribution is -0.348. The molecule has 11 atom stereocenters. The number of cyclic esters (lactones) is 2. The molecule has 298 valence electrons. The molecule has 4 aliphatic rings. The third kappa shape index (κ3) is 9.24. The number of carbonyl (C=O) groups excluding carboxylic acids is 3. The third-order valence-electron chi connectivity index (χ3n) is 10.9. The minimum absolute atomic E-state index is 0.0490. The standard InChI is InChI=1S/C37H57NO14Si/c1-22-23(2)52-37(44-6,18-26(22)39)31(46-19-24-13-11-10-12-14-24)32(40)38(34(41)45-15-16-53(7,8)9)33-29-28(48-21-49-33)30(43-5)36(3,4)27(51-29)17-25-20-47-35(42)50-25/h10-14,22-23,25-31,33,39H,15-21H2,1-9H3/t22-,23+,25-,26+,27+,28-,29-,30+,31-,33-,37+/m0/s1. The van der Waals surface area contributed by atoms with Crippen molar-refractivity contribution < 1.29 is 66.9 Å². The van der Waals surface area contributed by atoms with Crippen LogP contribution in [0.15, 0.2) is 30.3 Å². The van der Waals surface area contributed by atoms with Crippen LogP contribution < -0.4 is 0 Å². The van der Waals surface area contributed by atoms with Gasteiger partial charge in [-0.15, -0.1) is 0 Å². The van der Waals surface area contributed by atoms with E-state index in [0.29, 0.717) is 6.04 Å². The van der Waals surface area contributed by atoms with E-state index >= 15 is 4.79 Å². The van der Waals surface area contributed by atoms with E-state index in [1.165, 1.54) is 7.11 Å². The van der Waals surface area contributed by atoms with Crippen LogP contribution in [0.3, 0.4) is 0 Å². The molecule has 0 aliphatic carbocycles. The molecule has 1 N–H and O–H groups in total. The second-order valence-corrected chi connectivity index (χ2v) is 21.8. The van der Waals surface area contributed by atoms with Gasteiger partial charge in [-0.1, -0.05) is 70.7 Å². The molecule has 1 aromatic rings. The number of imide groups is 1. The van der Waals surface area contributed by atoms with Crippen LogP contribution in [0.5, 0.6) is 0 Å². The maximum atomic E-state index is 15.3. The SMILES string of the molecule is CO[C@@H]1[C@H]2OCO[C@H](N(C(=O)OCC[Si](C)(C)C)C(=O)[C@H](OCc3ccccc3)[C@@]3(OC)C[C@@H](O)[C@@H](C)[C@@H](C)O3)[C@H]2O[C@H](C[C@H]2COC(=O)O2)C1(C)C. The van der Waals surface area contributed by atoms with Gasteiger partial charge in [-0.05, 0) is 18.5 Å². The monoisotopic (exact) mass is 767 g/mol. The average Bonchev–Trinajstić information content (AvgIpc) is 3.51. The zero-order valence-electron chi connectivity index (χ0n) is 32.3. The third-order valence-corrected chi connectivity index (χ3v) is 12.6. The van der Waals surface area contributed by atoms with Gasteiger partial charge in [0.2, 0.25) is 5.79 Å². The van der Waals surface area contributed by atoms with Crippen LogP contribution in [0, 0.1) is 11.3 Å². The minimum atomic E-state index is -1.81. The summed E-state index contributed by atoms with van der Waals surface area (Å²) in [5.41, 5.74) is 0.0565. The summed E-state index contributed by atoms with van der Waals surface area (Å²) in [4.78, 5) is 42.3. The van der Waals surface area contributed by atoms with E-state index in [2.05, 4.69) is 19.6 Å². The quantitative estimate of drug-likeness (QED) is 0.221. The number of aliphatic hydroxyl groups is 1. The van der Waals surface area contributed by atoms with Crippen LogP contribution in [0.4, 0.5) is 9.59 Å². The largest absolute Gasteiger partial charge is 0.508 e. The summed E-state index contributed by atoms with van der Waals surface area (Å²) in [6.45, 7) is 13.7. The van der Waals surface area contributed by atoms with Gasteiger partial charge >= 0.3 is 12.2 Å². The number of amides is 2. The Bertz CT molecular complexity index is 1400. The van der Waals surface area contributed by atoms with Crippen molar-refractivity contribution in [2.24, 2.45) is 11.3 Å². The number of fused-ring (bicyclic) bond motifs is 1. The maximum absolute atomic E-state index is 15.3. The lowest BCUT2D eigenvalue weighted by atomic mass is 9.72. The van der Waals surface area contributed by atoms with E-state index < -0.39 is 92.5 Å². The molecule has 4 fully saturated rings.